The minimum atomic E-state index is -0.341. The van der Waals surface area contributed by atoms with E-state index < -0.39 is 0 Å². The van der Waals surface area contributed by atoms with E-state index in [2.05, 4.69) is 10.6 Å². The number of hydrogen-bond acceptors (Lipinski definition) is 4. The minimum Gasteiger partial charge on any atom is -0.493 e. The molecule has 0 aliphatic carbocycles. The maximum atomic E-state index is 12.3. The van der Waals surface area contributed by atoms with Gasteiger partial charge in [-0.2, -0.15) is 0 Å². The Kier molecular flexibility index (Phi) is 4.49. The molecule has 1 amide bonds. The summed E-state index contributed by atoms with van der Waals surface area (Å²) < 4.78 is 10.7. The Bertz CT molecular complexity index is 482. The molecule has 0 aromatic heterocycles. The summed E-state index contributed by atoms with van der Waals surface area (Å²) in [6, 6.07) is 5.43. The van der Waals surface area contributed by atoms with E-state index in [0.717, 1.165) is 18.7 Å². The average molecular weight is 278 g/mol. The number of carbonyl (C=O) groups is 1. The third-order valence-electron chi connectivity index (χ3n) is 3.64. The molecular formula is C15H22N2O3. The number of methoxy groups -OCH3 is 1. The van der Waals surface area contributed by atoms with E-state index in [1.165, 1.54) is 0 Å². The molecule has 0 spiro atoms. The van der Waals surface area contributed by atoms with Gasteiger partial charge in [0.15, 0.2) is 11.5 Å². The Balaban J connectivity index is 2.11. The first-order chi connectivity index (χ1) is 9.59. The van der Waals surface area contributed by atoms with Crippen LogP contribution in [0.4, 0.5) is 5.69 Å². The van der Waals surface area contributed by atoms with Crippen LogP contribution in [0.2, 0.25) is 0 Å². The van der Waals surface area contributed by atoms with Gasteiger partial charge in [-0.15, -0.1) is 0 Å². The lowest BCUT2D eigenvalue weighted by atomic mass is 9.89. The third-order valence-corrected chi connectivity index (χ3v) is 3.64. The normalized spacial score (nSPS) is 21.6. The van der Waals surface area contributed by atoms with Crippen molar-refractivity contribution in [3.05, 3.63) is 18.2 Å². The van der Waals surface area contributed by atoms with Gasteiger partial charge in [-0.25, -0.2) is 0 Å². The van der Waals surface area contributed by atoms with E-state index in [1.807, 2.05) is 26.0 Å². The van der Waals surface area contributed by atoms with Crippen LogP contribution in [0.15, 0.2) is 18.2 Å². The number of ether oxygens (including phenoxy) is 2. The largest absolute Gasteiger partial charge is 0.493 e. The fourth-order valence-corrected chi connectivity index (χ4v) is 2.31. The lowest BCUT2D eigenvalue weighted by Crippen LogP contribution is -2.35. The van der Waals surface area contributed by atoms with Crippen LogP contribution in [-0.2, 0) is 4.79 Å². The predicted molar refractivity (Wildman–Crippen MR) is 78.4 cm³/mol. The standard InChI is InChI=1S/C15H22N2O3/c1-4-20-12-6-5-11(9-13(12)19-3)17-14(18)15(2)7-8-16-10-15/h5-6,9,16H,4,7-8,10H2,1-3H3,(H,17,18). The second-order valence-electron chi connectivity index (χ2n) is 5.24. The Morgan fingerprint density at radius 3 is 2.85 bits per heavy atom. The molecule has 110 valence electrons. The molecule has 1 atom stereocenters. The molecule has 1 aromatic carbocycles. The van der Waals surface area contributed by atoms with Crippen LogP contribution in [0.1, 0.15) is 20.3 Å². The molecule has 2 rings (SSSR count). The smallest absolute Gasteiger partial charge is 0.231 e. The van der Waals surface area contributed by atoms with Gasteiger partial charge < -0.3 is 20.1 Å². The van der Waals surface area contributed by atoms with Crippen molar-refractivity contribution in [1.29, 1.82) is 0 Å². The zero-order valence-corrected chi connectivity index (χ0v) is 12.3. The van der Waals surface area contributed by atoms with Crippen LogP contribution in [-0.4, -0.2) is 32.7 Å². The third kappa shape index (κ3) is 3.04. The summed E-state index contributed by atoms with van der Waals surface area (Å²) in [4.78, 5) is 12.3. The lowest BCUT2D eigenvalue weighted by molar-refractivity contribution is -0.123. The first-order valence-corrected chi connectivity index (χ1v) is 6.92. The molecule has 1 fully saturated rings. The van der Waals surface area contributed by atoms with Crippen molar-refractivity contribution in [3.63, 3.8) is 0 Å². The van der Waals surface area contributed by atoms with Gasteiger partial charge >= 0.3 is 0 Å². The minimum absolute atomic E-state index is 0.0358. The highest BCUT2D eigenvalue weighted by atomic mass is 16.5. The molecule has 0 saturated carbocycles. The second-order valence-corrected chi connectivity index (χ2v) is 5.24. The summed E-state index contributed by atoms with van der Waals surface area (Å²) >= 11 is 0. The Hall–Kier alpha value is -1.75. The topological polar surface area (TPSA) is 59.6 Å². The van der Waals surface area contributed by atoms with Crippen molar-refractivity contribution in [2.75, 3.05) is 32.1 Å². The highest BCUT2D eigenvalue weighted by Crippen LogP contribution is 2.32. The van der Waals surface area contributed by atoms with Crippen molar-refractivity contribution >= 4 is 11.6 Å². The molecule has 1 unspecified atom stereocenters. The number of amides is 1. The van der Waals surface area contributed by atoms with Gasteiger partial charge in [0.2, 0.25) is 5.91 Å². The van der Waals surface area contributed by atoms with E-state index in [0.29, 0.717) is 24.7 Å². The number of carbonyl (C=O) groups excluding carboxylic acids is 1. The van der Waals surface area contributed by atoms with Crippen LogP contribution in [0.3, 0.4) is 0 Å². The molecule has 2 N–H and O–H groups in total. The average Bonchev–Trinajstić information content (AvgIpc) is 2.89. The molecule has 1 heterocycles. The van der Waals surface area contributed by atoms with Crippen LogP contribution >= 0.6 is 0 Å². The summed E-state index contributed by atoms with van der Waals surface area (Å²) in [5.41, 5.74) is 0.384. The van der Waals surface area contributed by atoms with Crippen LogP contribution in [0.5, 0.6) is 11.5 Å². The SMILES string of the molecule is CCOc1ccc(NC(=O)C2(C)CCNC2)cc1OC. The fourth-order valence-electron chi connectivity index (χ4n) is 2.31. The van der Waals surface area contributed by atoms with Gasteiger partial charge in [0, 0.05) is 18.3 Å². The van der Waals surface area contributed by atoms with Crippen LogP contribution in [0.25, 0.3) is 0 Å². The van der Waals surface area contributed by atoms with Crippen molar-refractivity contribution in [1.82, 2.24) is 5.32 Å². The van der Waals surface area contributed by atoms with Gasteiger partial charge in [-0.3, -0.25) is 4.79 Å². The zero-order chi connectivity index (χ0) is 14.6. The summed E-state index contributed by atoms with van der Waals surface area (Å²) in [6.45, 7) is 6.08. The predicted octanol–water partition coefficient (Wildman–Crippen LogP) is 2.03. The second kappa shape index (κ2) is 6.13. The quantitative estimate of drug-likeness (QED) is 0.865. The Labute approximate surface area is 119 Å². The Morgan fingerprint density at radius 1 is 1.45 bits per heavy atom. The summed E-state index contributed by atoms with van der Waals surface area (Å²) in [5, 5.41) is 6.18. The number of benzene rings is 1. The lowest BCUT2D eigenvalue weighted by Gasteiger charge is -2.21. The zero-order valence-electron chi connectivity index (χ0n) is 12.3. The monoisotopic (exact) mass is 278 g/mol. The maximum absolute atomic E-state index is 12.3. The highest BCUT2D eigenvalue weighted by Gasteiger charge is 2.36. The number of nitrogens with one attached hydrogen (secondary N) is 2. The van der Waals surface area contributed by atoms with Crippen molar-refractivity contribution in [2.24, 2.45) is 5.41 Å². The van der Waals surface area contributed by atoms with E-state index in [-0.39, 0.29) is 11.3 Å². The van der Waals surface area contributed by atoms with Crippen LogP contribution < -0.4 is 20.1 Å². The summed E-state index contributed by atoms with van der Waals surface area (Å²) in [5.74, 6) is 1.34. The van der Waals surface area contributed by atoms with E-state index in [9.17, 15) is 4.79 Å². The summed E-state index contributed by atoms with van der Waals surface area (Å²) in [6.07, 6.45) is 0.854. The number of anilines is 1. The van der Waals surface area contributed by atoms with Gasteiger partial charge in [0.1, 0.15) is 0 Å². The van der Waals surface area contributed by atoms with E-state index in [1.54, 1.807) is 13.2 Å². The molecule has 1 aliphatic heterocycles. The first-order valence-electron chi connectivity index (χ1n) is 6.92. The van der Waals surface area contributed by atoms with Gasteiger partial charge in [-0.1, -0.05) is 0 Å². The van der Waals surface area contributed by atoms with E-state index in [4.69, 9.17) is 9.47 Å². The molecule has 5 heteroatoms. The van der Waals surface area contributed by atoms with Gasteiger partial charge in [0.25, 0.3) is 0 Å². The van der Waals surface area contributed by atoms with Crippen molar-refractivity contribution in [3.8, 4) is 11.5 Å². The van der Waals surface area contributed by atoms with Crippen molar-refractivity contribution in [2.45, 2.75) is 20.3 Å². The number of hydrogen-bond donors (Lipinski definition) is 2. The fraction of sp³-hybridized carbons (Fsp3) is 0.533. The van der Waals surface area contributed by atoms with Gasteiger partial charge in [0.05, 0.1) is 19.1 Å². The molecule has 1 aromatic rings. The molecule has 20 heavy (non-hydrogen) atoms. The van der Waals surface area contributed by atoms with Crippen LogP contribution in [0, 0.1) is 5.41 Å². The highest BCUT2D eigenvalue weighted by molar-refractivity contribution is 5.95. The summed E-state index contributed by atoms with van der Waals surface area (Å²) in [7, 11) is 1.59. The van der Waals surface area contributed by atoms with E-state index >= 15 is 0 Å². The molecule has 0 radical (unpaired) electrons. The molecule has 0 bridgehead atoms. The maximum Gasteiger partial charge on any atom is 0.231 e. The number of rotatable bonds is 5. The Morgan fingerprint density at radius 2 is 2.25 bits per heavy atom. The molecular weight excluding hydrogens is 256 g/mol. The van der Waals surface area contributed by atoms with Crippen molar-refractivity contribution < 1.29 is 14.3 Å². The molecule has 1 saturated heterocycles. The molecule has 5 nitrogen and oxygen atoms in total. The molecule has 1 aliphatic rings. The van der Waals surface area contributed by atoms with Gasteiger partial charge in [-0.05, 0) is 38.9 Å². The first kappa shape index (κ1) is 14.7.